The van der Waals surface area contributed by atoms with Gasteiger partial charge in [-0.2, -0.15) is 13.2 Å². The van der Waals surface area contributed by atoms with Gasteiger partial charge in [0.05, 0.1) is 11.3 Å². The second-order valence-corrected chi connectivity index (χ2v) is 8.02. The van der Waals surface area contributed by atoms with Crippen molar-refractivity contribution in [3.05, 3.63) is 58.7 Å². The lowest BCUT2D eigenvalue weighted by Gasteiger charge is -2.15. The fourth-order valence-corrected chi connectivity index (χ4v) is 4.02. The minimum atomic E-state index is -4.34. The van der Waals surface area contributed by atoms with E-state index in [1.165, 1.54) is 17.5 Å². The van der Waals surface area contributed by atoms with Crippen LogP contribution in [-0.4, -0.2) is 11.1 Å². The van der Waals surface area contributed by atoms with Crippen LogP contribution in [0.5, 0.6) is 0 Å². The zero-order chi connectivity index (χ0) is 21.4. The van der Waals surface area contributed by atoms with Gasteiger partial charge in [-0.1, -0.05) is 25.0 Å². The second-order valence-electron chi connectivity index (χ2n) is 7.14. The van der Waals surface area contributed by atoms with Gasteiger partial charge in [0.1, 0.15) is 0 Å². The maximum atomic E-state index is 12.9. The van der Waals surface area contributed by atoms with Crippen LogP contribution in [0.1, 0.15) is 54.4 Å². The number of aryl methyl sites for hydroxylation is 3. The van der Waals surface area contributed by atoms with Gasteiger partial charge in [0, 0.05) is 11.3 Å². The van der Waals surface area contributed by atoms with E-state index < -0.39 is 17.7 Å². The van der Waals surface area contributed by atoms with Gasteiger partial charge < -0.3 is 9.83 Å². The van der Waals surface area contributed by atoms with Gasteiger partial charge in [-0.25, -0.2) is 0 Å². The van der Waals surface area contributed by atoms with Crippen molar-refractivity contribution >= 4 is 23.6 Å². The molecule has 158 valence electrons. The molecule has 0 fully saturated rings. The van der Waals surface area contributed by atoms with Gasteiger partial charge in [-0.05, 0) is 86.0 Å². The Hall–Kier alpha value is -2.15. The third-order valence-corrected chi connectivity index (χ3v) is 5.43. The van der Waals surface area contributed by atoms with E-state index in [-0.39, 0.29) is 6.42 Å². The Morgan fingerprint density at radius 3 is 2.31 bits per heavy atom. The number of benzene rings is 2. The second kappa shape index (κ2) is 10.6. The van der Waals surface area contributed by atoms with E-state index in [9.17, 15) is 18.0 Å². The molecule has 7 heteroatoms. The predicted octanol–water partition coefficient (Wildman–Crippen LogP) is 7.02. The summed E-state index contributed by atoms with van der Waals surface area (Å²) < 4.78 is 42.0. The SMILES string of the molecule is Cc1cc(C(F)(F)F)cc(C)c1NSc1cccc(CCCCCCC(=O)O)c1. The van der Waals surface area contributed by atoms with E-state index in [0.717, 1.165) is 42.7 Å². The fourth-order valence-electron chi connectivity index (χ4n) is 3.12. The number of halogens is 3. The van der Waals surface area contributed by atoms with Crippen LogP contribution >= 0.6 is 11.9 Å². The third-order valence-electron chi connectivity index (χ3n) is 4.64. The summed E-state index contributed by atoms with van der Waals surface area (Å²) in [6.45, 7) is 3.35. The molecular weight excluding hydrogens is 399 g/mol. The van der Waals surface area contributed by atoms with Crippen LogP contribution in [0.25, 0.3) is 0 Å². The summed E-state index contributed by atoms with van der Waals surface area (Å²) in [4.78, 5) is 11.5. The van der Waals surface area contributed by atoms with Gasteiger partial charge in [0.15, 0.2) is 0 Å². The summed E-state index contributed by atoms with van der Waals surface area (Å²) in [5.41, 5.74) is 2.38. The Morgan fingerprint density at radius 1 is 1.03 bits per heavy atom. The summed E-state index contributed by atoms with van der Waals surface area (Å²) in [6.07, 6.45) is 0.407. The molecule has 0 atom stereocenters. The molecule has 0 amide bonds. The Bertz CT molecular complexity index is 814. The summed E-state index contributed by atoms with van der Waals surface area (Å²) in [6, 6.07) is 10.4. The first-order chi connectivity index (χ1) is 13.7. The fraction of sp³-hybridized carbons (Fsp3) is 0.409. The third kappa shape index (κ3) is 7.65. The molecule has 0 saturated heterocycles. The maximum absolute atomic E-state index is 12.9. The van der Waals surface area contributed by atoms with Gasteiger partial charge in [0.25, 0.3) is 0 Å². The van der Waals surface area contributed by atoms with E-state index in [1.54, 1.807) is 13.8 Å². The molecule has 2 N–H and O–H groups in total. The summed E-state index contributed by atoms with van der Waals surface area (Å²) in [5.74, 6) is -0.749. The van der Waals surface area contributed by atoms with Crippen LogP contribution in [0.4, 0.5) is 18.9 Å². The smallest absolute Gasteiger partial charge is 0.416 e. The van der Waals surface area contributed by atoms with Gasteiger partial charge in [-0.15, -0.1) is 0 Å². The van der Waals surface area contributed by atoms with Gasteiger partial charge in [0.2, 0.25) is 0 Å². The number of alkyl halides is 3. The molecule has 0 saturated carbocycles. The minimum Gasteiger partial charge on any atom is -0.481 e. The topological polar surface area (TPSA) is 49.3 Å². The molecule has 0 spiro atoms. The van der Waals surface area contributed by atoms with Crippen molar-refractivity contribution in [3.63, 3.8) is 0 Å². The van der Waals surface area contributed by atoms with Crippen molar-refractivity contribution in [2.45, 2.75) is 63.4 Å². The number of anilines is 1. The Morgan fingerprint density at radius 2 is 1.69 bits per heavy atom. The molecule has 0 heterocycles. The highest BCUT2D eigenvalue weighted by Crippen LogP contribution is 2.35. The van der Waals surface area contributed by atoms with E-state index in [1.807, 2.05) is 12.1 Å². The molecule has 3 nitrogen and oxygen atoms in total. The first kappa shape index (κ1) is 23.1. The zero-order valence-electron chi connectivity index (χ0n) is 16.6. The molecule has 2 aromatic rings. The molecular formula is C22H26F3NO2S. The predicted molar refractivity (Wildman–Crippen MR) is 111 cm³/mol. The molecule has 2 aromatic carbocycles. The van der Waals surface area contributed by atoms with Crippen molar-refractivity contribution in [1.29, 1.82) is 0 Å². The standard InChI is InChI=1S/C22H26F3NO2S/c1-15-12-18(22(23,24)25)13-16(2)21(15)26-29-19-10-7-9-17(14-19)8-5-3-4-6-11-20(27)28/h7,9-10,12-14,26H,3-6,8,11H2,1-2H3,(H,27,28). The summed E-state index contributed by atoms with van der Waals surface area (Å²) in [7, 11) is 0. The first-order valence-corrected chi connectivity index (χ1v) is 10.4. The molecule has 0 aliphatic carbocycles. The average Bonchev–Trinajstić information content (AvgIpc) is 2.63. The van der Waals surface area contributed by atoms with E-state index >= 15 is 0 Å². The molecule has 0 aromatic heterocycles. The van der Waals surface area contributed by atoms with Gasteiger partial charge >= 0.3 is 12.1 Å². The van der Waals surface area contributed by atoms with Crippen molar-refractivity contribution < 1.29 is 23.1 Å². The number of nitrogens with one attached hydrogen (secondary N) is 1. The van der Waals surface area contributed by atoms with Crippen molar-refractivity contribution in [2.75, 3.05) is 4.72 Å². The normalized spacial score (nSPS) is 11.5. The number of carbonyl (C=O) groups is 1. The first-order valence-electron chi connectivity index (χ1n) is 9.59. The highest BCUT2D eigenvalue weighted by Gasteiger charge is 2.31. The Balaban J connectivity index is 1.90. The van der Waals surface area contributed by atoms with Crippen molar-refractivity contribution in [2.24, 2.45) is 0 Å². The van der Waals surface area contributed by atoms with Crippen LogP contribution in [0.2, 0.25) is 0 Å². The lowest BCUT2D eigenvalue weighted by molar-refractivity contribution is -0.138. The molecule has 0 aliphatic rings. The van der Waals surface area contributed by atoms with Gasteiger partial charge in [-0.3, -0.25) is 4.79 Å². The number of aliphatic carboxylic acids is 1. The number of carboxylic acid groups (broad SMARTS) is 1. The lowest BCUT2D eigenvalue weighted by Crippen LogP contribution is -2.07. The molecule has 0 bridgehead atoms. The molecule has 2 rings (SSSR count). The van der Waals surface area contributed by atoms with E-state index in [2.05, 4.69) is 16.9 Å². The average molecular weight is 426 g/mol. The number of rotatable bonds is 10. The number of hydrogen-bond donors (Lipinski definition) is 2. The highest BCUT2D eigenvalue weighted by atomic mass is 32.2. The molecule has 29 heavy (non-hydrogen) atoms. The monoisotopic (exact) mass is 425 g/mol. The Kier molecular flexibility index (Phi) is 8.44. The molecule has 0 aliphatic heterocycles. The van der Waals surface area contributed by atoms with E-state index in [0.29, 0.717) is 23.2 Å². The number of carboxylic acids is 1. The zero-order valence-corrected chi connectivity index (χ0v) is 17.4. The summed E-state index contributed by atoms with van der Waals surface area (Å²) in [5, 5.41) is 8.64. The highest BCUT2D eigenvalue weighted by molar-refractivity contribution is 8.00. The maximum Gasteiger partial charge on any atom is 0.416 e. The quantitative estimate of drug-likeness (QED) is 0.317. The largest absolute Gasteiger partial charge is 0.481 e. The number of unbranched alkanes of at least 4 members (excludes halogenated alkanes) is 3. The Labute approximate surface area is 173 Å². The number of hydrogen-bond acceptors (Lipinski definition) is 3. The van der Waals surface area contributed by atoms with Crippen LogP contribution in [0.15, 0.2) is 41.3 Å². The molecule has 0 radical (unpaired) electrons. The minimum absolute atomic E-state index is 0.223. The lowest BCUT2D eigenvalue weighted by atomic mass is 10.0. The van der Waals surface area contributed by atoms with Crippen molar-refractivity contribution in [1.82, 2.24) is 0 Å². The van der Waals surface area contributed by atoms with Crippen LogP contribution in [0.3, 0.4) is 0 Å². The molecule has 0 unspecified atom stereocenters. The van der Waals surface area contributed by atoms with Crippen LogP contribution < -0.4 is 4.72 Å². The van der Waals surface area contributed by atoms with Crippen molar-refractivity contribution in [3.8, 4) is 0 Å². The van der Waals surface area contributed by atoms with Crippen LogP contribution in [-0.2, 0) is 17.4 Å². The van der Waals surface area contributed by atoms with Crippen LogP contribution in [0, 0.1) is 13.8 Å². The summed E-state index contributed by atoms with van der Waals surface area (Å²) >= 11 is 1.38. The van der Waals surface area contributed by atoms with E-state index in [4.69, 9.17) is 5.11 Å².